The molecule has 1 aromatic carbocycles. The van der Waals surface area contributed by atoms with E-state index in [1.165, 1.54) is 37.8 Å². The molecule has 0 heterocycles. The molecule has 1 aliphatic carbocycles. The third-order valence-corrected chi connectivity index (χ3v) is 4.72. The van der Waals surface area contributed by atoms with Crippen molar-refractivity contribution in [3.8, 4) is 0 Å². The lowest BCUT2D eigenvalue weighted by Gasteiger charge is -2.36. The molecule has 0 amide bonds. The molecule has 1 fully saturated rings. The van der Waals surface area contributed by atoms with Crippen LogP contribution in [0, 0.1) is 11.7 Å². The minimum Gasteiger partial charge on any atom is -0.324 e. The fraction of sp³-hybridized carbons (Fsp3) is 0.647. The van der Waals surface area contributed by atoms with Crippen LogP contribution in [0.1, 0.15) is 50.6 Å². The van der Waals surface area contributed by atoms with Crippen LogP contribution in [0.15, 0.2) is 24.3 Å². The van der Waals surface area contributed by atoms with Gasteiger partial charge in [0.05, 0.1) is 0 Å². The lowest BCUT2D eigenvalue weighted by molar-refractivity contribution is 0.136. The summed E-state index contributed by atoms with van der Waals surface area (Å²) in [7, 11) is 2.21. The van der Waals surface area contributed by atoms with E-state index < -0.39 is 0 Å². The first-order valence-electron chi connectivity index (χ1n) is 7.79. The molecule has 112 valence electrons. The molecular weight excluding hydrogens is 251 g/mol. The van der Waals surface area contributed by atoms with Crippen LogP contribution in [-0.2, 0) is 0 Å². The van der Waals surface area contributed by atoms with Crippen LogP contribution in [0.4, 0.5) is 4.39 Å². The van der Waals surface area contributed by atoms with Crippen molar-refractivity contribution >= 4 is 0 Å². The number of nitrogens with zero attached hydrogens (tertiary/aromatic N) is 1. The van der Waals surface area contributed by atoms with Gasteiger partial charge in [-0.2, -0.15) is 0 Å². The molecule has 2 nitrogen and oxygen atoms in total. The number of hydrogen-bond donors (Lipinski definition) is 1. The smallest absolute Gasteiger partial charge is 0.123 e. The van der Waals surface area contributed by atoms with Crippen LogP contribution in [-0.4, -0.2) is 24.5 Å². The van der Waals surface area contributed by atoms with E-state index >= 15 is 0 Å². The second kappa shape index (κ2) is 7.19. The average Bonchev–Trinajstić information content (AvgIpc) is 2.45. The third kappa shape index (κ3) is 4.03. The van der Waals surface area contributed by atoms with Crippen LogP contribution in [0.5, 0.6) is 0 Å². The highest BCUT2D eigenvalue weighted by atomic mass is 19.1. The Hall–Kier alpha value is -0.930. The van der Waals surface area contributed by atoms with Gasteiger partial charge in [0.1, 0.15) is 5.82 Å². The predicted octanol–water partition coefficient (Wildman–Crippen LogP) is 3.73. The Labute approximate surface area is 122 Å². The molecule has 1 aromatic rings. The number of nitrogens with two attached hydrogens (primary N) is 1. The zero-order chi connectivity index (χ0) is 14.5. The van der Waals surface area contributed by atoms with E-state index in [-0.39, 0.29) is 11.9 Å². The highest BCUT2D eigenvalue weighted by molar-refractivity contribution is 5.19. The van der Waals surface area contributed by atoms with Crippen LogP contribution < -0.4 is 5.73 Å². The summed E-state index contributed by atoms with van der Waals surface area (Å²) < 4.78 is 12.9. The average molecular weight is 278 g/mol. The highest BCUT2D eigenvalue weighted by Crippen LogP contribution is 2.28. The van der Waals surface area contributed by atoms with Gasteiger partial charge in [0, 0.05) is 12.1 Å². The van der Waals surface area contributed by atoms with Gasteiger partial charge < -0.3 is 10.6 Å². The maximum atomic E-state index is 12.9. The standard InChI is InChI=1S/C17H27FN2/c1-13-5-3-4-6-17(13)20(2)12-11-16(19)14-7-9-15(18)10-8-14/h7-10,13,16-17H,3-6,11-12,19H2,1-2H3. The van der Waals surface area contributed by atoms with Gasteiger partial charge in [-0.15, -0.1) is 0 Å². The zero-order valence-electron chi connectivity index (χ0n) is 12.7. The van der Waals surface area contributed by atoms with E-state index in [0.717, 1.165) is 24.4 Å². The van der Waals surface area contributed by atoms with E-state index in [1.54, 1.807) is 12.1 Å². The number of hydrogen-bond acceptors (Lipinski definition) is 2. The first-order chi connectivity index (χ1) is 9.58. The number of benzene rings is 1. The summed E-state index contributed by atoms with van der Waals surface area (Å²) in [5.74, 6) is 0.588. The summed E-state index contributed by atoms with van der Waals surface area (Å²) in [6.45, 7) is 3.37. The van der Waals surface area contributed by atoms with E-state index in [4.69, 9.17) is 5.73 Å². The molecule has 3 unspecified atom stereocenters. The van der Waals surface area contributed by atoms with E-state index in [1.807, 2.05) is 0 Å². The summed E-state index contributed by atoms with van der Waals surface area (Å²) in [5, 5.41) is 0. The van der Waals surface area contributed by atoms with Crippen molar-refractivity contribution in [1.82, 2.24) is 4.90 Å². The van der Waals surface area contributed by atoms with Crippen LogP contribution in [0.2, 0.25) is 0 Å². The lowest BCUT2D eigenvalue weighted by atomic mass is 9.85. The fourth-order valence-electron chi connectivity index (χ4n) is 3.34. The summed E-state index contributed by atoms with van der Waals surface area (Å²) >= 11 is 0. The van der Waals surface area contributed by atoms with Crippen molar-refractivity contribution in [2.24, 2.45) is 11.7 Å². The Kier molecular flexibility index (Phi) is 5.55. The molecule has 1 saturated carbocycles. The molecule has 0 bridgehead atoms. The Bertz CT molecular complexity index is 404. The van der Waals surface area contributed by atoms with Crippen molar-refractivity contribution in [3.63, 3.8) is 0 Å². The monoisotopic (exact) mass is 278 g/mol. The van der Waals surface area contributed by atoms with Crippen molar-refractivity contribution in [2.45, 2.75) is 51.1 Å². The molecule has 20 heavy (non-hydrogen) atoms. The molecule has 0 saturated heterocycles. The van der Waals surface area contributed by atoms with Crippen LogP contribution >= 0.6 is 0 Å². The number of halogens is 1. The molecule has 2 rings (SSSR count). The maximum Gasteiger partial charge on any atom is 0.123 e. The highest BCUT2D eigenvalue weighted by Gasteiger charge is 2.24. The SMILES string of the molecule is CC1CCCCC1N(C)CCC(N)c1ccc(F)cc1. The normalized spacial score (nSPS) is 24.9. The van der Waals surface area contributed by atoms with Crippen LogP contribution in [0.3, 0.4) is 0 Å². The van der Waals surface area contributed by atoms with E-state index in [9.17, 15) is 4.39 Å². The van der Waals surface area contributed by atoms with Gasteiger partial charge in [-0.25, -0.2) is 4.39 Å². The van der Waals surface area contributed by atoms with E-state index in [2.05, 4.69) is 18.9 Å². The molecule has 3 heteroatoms. The second-order valence-corrected chi connectivity index (χ2v) is 6.26. The third-order valence-electron chi connectivity index (χ3n) is 4.72. The zero-order valence-corrected chi connectivity index (χ0v) is 12.7. The minimum absolute atomic E-state index is 0.00283. The summed E-state index contributed by atoms with van der Waals surface area (Å²) in [4.78, 5) is 2.47. The van der Waals surface area contributed by atoms with Gasteiger partial charge in [0.25, 0.3) is 0 Å². The molecule has 0 aliphatic heterocycles. The molecular formula is C17H27FN2. The first kappa shape index (κ1) is 15.5. The minimum atomic E-state index is -0.200. The molecule has 2 N–H and O–H groups in total. The molecule has 1 aliphatic rings. The van der Waals surface area contributed by atoms with Gasteiger partial charge in [-0.3, -0.25) is 0 Å². The van der Waals surface area contributed by atoms with Gasteiger partial charge in [-0.1, -0.05) is 31.9 Å². The Morgan fingerprint density at radius 2 is 1.90 bits per heavy atom. The predicted molar refractivity (Wildman–Crippen MR) is 82.0 cm³/mol. The van der Waals surface area contributed by atoms with Gasteiger partial charge >= 0.3 is 0 Å². The van der Waals surface area contributed by atoms with Gasteiger partial charge in [-0.05, 0) is 56.5 Å². The van der Waals surface area contributed by atoms with Crippen molar-refractivity contribution in [1.29, 1.82) is 0 Å². The Morgan fingerprint density at radius 3 is 2.55 bits per heavy atom. The Balaban J connectivity index is 1.83. The largest absolute Gasteiger partial charge is 0.324 e. The van der Waals surface area contributed by atoms with Crippen molar-refractivity contribution in [3.05, 3.63) is 35.6 Å². The molecule has 0 aromatic heterocycles. The first-order valence-corrected chi connectivity index (χ1v) is 7.79. The summed E-state index contributed by atoms with van der Waals surface area (Å²) in [5.41, 5.74) is 7.23. The van der Waals surface area contributed by atoms with Crippen molar-refractivity contribution < 1.29 is 4.39 Å². The van der Waals surface area contributed by atoms with Gasteiger partial charge in [0.2, 0.25) is 0 Å². The molecule has 0 spiro atoms. The van der Waals surface area contributed by atoms with Crippen LogP contribution in [0.25, 0.3) is 0 Å². The number of rotatable bonds is 5. The molecule has 0 radical (unpaired) electrons. The summed E-state index contributed by atoms with van der Waals surface area (Å²) in [6, 6.07) is 7.26. The molecule has 3 atom stereocenters. The van der Waals surface area contributed by atoms with E-state index in [0.29, 0.717) is 6.04 Å². The lowest BCUT2D eigenvalue weighted by Crippen LogP contribution is -2.40. The fourth-order valence-corrected chi connectivity index (χ4v) is 3.34. The second-order valence-electron chi connectivity index (χ2n) is 6.26. The van der Waals surface area contributed by atoms with Gasteiger partial charge in [0.15, 0.2) is 0 Å². The Morgan fingerprint density at radius 1 is 1.25 bits per heavy atom. The topological polar surface area (TPSA) is 29.3 Å². The maximum absolute atomic E-state index is 12.9. The summed E-state index contributed by atoms with van der Waals surface area (Å²) in [6.07, 6.45) is 6.30. The van der Waals surface area contributed by atoms with Crippen molar-refractivity contribution in [2.75, 3.05) is 13.6 Å². The quantitative estimate of drug-likeness (QED) is 0.889.